The van der Waals surface area contributed by atoms with E-state index in [1.807, 2.05) is 41.8 Å². The van der Waals surface area contributed by atoms with Crippen molar-refractivity contribution in [3.05, 3.63) is 82.7 Å². The molecule has 168 valence electrons. The van der Waals surface area contributed by atoms with Crippen molar-refractivity contribution in [2.24, 2.45) is 5.10 Å². The predicted octanol–water partition coefficient (Wildman–Crippen LogP) is 6.20. The lowest BCUT2D eigenvalue weighted by atomic mass is 10.0. The number of carbonyl (C=O) groups is 1. The van der Waals surface area contributed by atoms with E-state index in [9.17, 15) is 4.79 Å². The molecule has 7 heteroatoms. The highest BCUT2D eigenvalue weighted by molar-refractivity contribution is 8.00. The molecule has 1 aliphatic rings. The lowest BCUT2D eigenvalue weighted by Crippen LogP contribution is -2.28. The molecule has 33 heavy (non-hydrogen) atoms. The second kappa shape index (κ2) is 9.45. The molecule has 1 aliphatic heterocycles. The highest BCUT2D eigenvalue weighted by Gasteiger charge is 2.33. The first-order valence-electron chi connectivity index (χ1n) is 11.0. The largest absolute Gasteiger partial charge is 0.497 e. The van der Waals surface area contributed by atoms with Gasteiger partial charge in [-0.1, -0.05) is 36.4 Å². The van der Waals surface area contributed by atoms with Gasteiger partial charge in [0.1, 0.15) is 5.75 Å². The fourth-order valence-electron chi connectivity index (χ4n) is 4.21. The van der Waals surface area contributed by atoms with Crippen molar-refractivity contribution in [2.45, 2.75) is 30.8 Å². The summed E-state index contributed by atoms with van der Waals surface area (Å²) in [5.74, 6) is 1.16. The smallest absolute Gasteiger partial charge is 0.253 e. The molecule has 0 N–H and O–H groups in total. The third kappa shape index (κ3) is 4.30. The summed E-state index contributed by atoms with van der Waals surface area (Å²) in [5, 5.41) is 9.71. The van der Waals surface area contributed by atoms with Crippen LogP contribution < -0.4 is 4.74 Å². The Kier molecular flexibility index (Phi) is 6.24. The number of ether oxygens (including phenoxy) is 1. The number of fused-ring (bicyclic) bond motifs is 1. The van der Waals surface area contributed by atoms with E-state index in [1.165, 1.54) is 10.9 Å². The second-order valence-electron chi connectivity index (χ2n) is 7.84. The van der Waals surface area contributed by atoms with Gasteiger partial charge in [-0.2, -0.15) is 5.10 Å². The highest BCUT2D eigenvalue weighted by Crippen LogP contribution is 2.36. The van der Waals surface area contributed by atoms with Crippen LogP contribution in [0.5, 0.6) is 5.75 Å². The lowest BCUT2D eigenvalue weighted by Gasteiger charge is -2.22. The second-order valence-corrected chi connectivity index (χ2v) is 9.81. The zero-order valence-corrected chi connectivity index (χ0v) is 20.2. The van der Waals surface area contributed by atoms with Gasteiger partial charge in [0, 0.05) is 35.0 Å². The summed E-state index contributed by atoms with van der Waals surface area (Å²) in [4.78, 5) is 15.7. The number of aromatic nitrogens is 1. The van der Waals surface area contributed by atoms with E-state index in [0.29, 0.717) is 12.2 Å². The van der Waals surface area contributed by atoms with Crippen molar-refractivity contribution in [3.63, 3.8) is 0 Å². The number of benzene rings is 2. The first kappa shape index (κ1) is 21.8. The molecule has 4 aromatic rings. The minimum Gasteiger partial charge on any atom is -0.497 e. The van der Waals surface area contributed by atoms with Crippen LogP contribution in [0.4, 0.5) is 0 Å². The Morgan fingerprint density at radius 3 is 2.70 bits per heavy atom. The Morgan fingerprint density at radius 2 is 1.97 bits per heavy atom. The number of hydrogen-bond acceptors (Lipinski definition) is 5. The van der Waals surface area contributed by atoms with Gasteiger partial charge < -0.3 is 9.30 Å². The van der Waals surface area contributed by atoms with Crippen molar-refractivity contribution in [3.8, 4) is 5.75 Å². The topological polar surface area (TPSA) is 46.8 Å². The maximum Gasteiger partial charge on any atom is 0.253 e. The summed E-state index contributed by atoms with van der Waals surface area (Å²) in [6.45, 7) is 3.03. The quantitative estimate of drug-likeness (QED) is 0.299. The Bertz CT molecular complexity index is 1290. The van der Waals surface area contributed by atoms with Gasteiger partial charge in [0.2, 0.25) is 0 Å². The van der Waals surface area contributed by atoms with Gasteiger partial charge in [-0.05, 0) is 42.1 Å². The molecule has 5 rings (SSSR count). The van der Waals surface area contributed by atoms with Gasteiger partial charge in [0.05, 0.1) is 29.5 Å². The molecule has 2 aromatic heterocycles. The molecular weight excluding hydrogens is 450 g/mol. The van der Waals surface area contributed by atoms with Gasteiger partial charge in [-0.25, -0.2) is 5.01 Å². The van der Waals surface area contributed by atoms with Crippen molar-refractivity contribution in [2.75, 3.05) is 12.9 Å². The van der Waals surface area contributed by atoms with Crippen LogP contribution in [-0.4, -0.2) is 34.1 Å². The molecule has 3 heterocycles. The Balaban J connectivity index is 1.40. The molecule has 1 unspecified atom stereocenters. The van der Waals surface area contributed by atoms with Crippen molar-refractivity contribution in [1.82, 2.24) is 9.58 Å². The van der Waals surface area contributed by atoms with E-state index in [4.69, 9.17) is 9.84 Å². The number of hydrogen-bond donors (Lipinski definition) is 0. The SMILES string of the molecule is CCn1cc(SCC(=O)N2N=C(c3cccs3)CC2c2ccc(OC)cc2)c2ccccc21. The number of nitrogens with zero attached hydrogens (tertiary/aromatic N) is 3. The number of carbonyl (C=O) groups excluding carboxylic acids is 1. The van der Waals surface area contributed by atoms with E-state index < -0.39 is 0 Å². The molecule has 0 saturated heterocycles. The maximum absolute atomic E-state index is 13.4. The first-order valence-corrected chi connectivity index (χ1v) is 12.8. The summed E-state index contributed by atoms with van der Waals surface area (Å²) in [7, 11) is 1.66. The molecule has 0 aliphatic carbocycles. The highest BCUT2D eigenvalue weighted by atomic mass is 32.2. The number of thioether (sulfide) groups is 1. The van der Waals surface area contributed by atoms with E-state index in [0.717, 1.165) is 33.3 Å². The molecule has 0 fully saturated rings. The minimum absolute atomic E-state index is 0.0145. The maximum atomic E-state index is 13.4. The van der Waals surface area contributed by atoms with Crippen LogP contribution >= 0.6 is 23.1 Å². The van der Waals surface area contributed by atoms with E-state index in [1.54, 1.807) is 35.2 Å². The monoisotopic (exact) mass is 475 g/mol. The first-order chi connectivity index (χ1) is 16.2. The number of thiophene rings is 1. The standard InChI is InChI=1S/C26H25N3O2S2/c1-3-28-16-25(20-7-4-5-8-22(20)28)33-17-26(30)29-23(18-10-12-19(31-2)13-11-18)15-21(27-29)24-9-6-14-32-24/h4-14,16,23H,3,15,17H2,1-2H3. The summed E-state index contributed by atoms with van der Waals surface area (Å²) >= 11 is 3.24. The molecule has 0 saturated carbocycles. The lowest BCUT2D eigenvalue weighted by molar-refractivity contribution is -0.130. The fourth-order valence-corrected chi connectivity index (χ4v) is 5.88. The molecule has 0 radical (unpaired) electrons. The Labute approximate surface area is 201 Å². The van der Waals surface area contributed by atoms with Crippen molar-refractivity contribution < 1.29 is 9.53 Å². The number of para-hydroxylation sites is 1. The minimum atomic E-state index is -0.113. The van der Waals surface area contributed by atoms with Gasteiger partial charge in [-0.3, -0.25) is 4.79 Å². The number of rotatable bonds is 7. The van der Waals surface area contributed by atoms with Gasteiger partial charge in [-0.15, -0.1) is 23.1 Å². The van der Waals surface area contributed by atoms with Crippen molar-refractivity contribution >= 4 is 45.6 Å². The molecule has 0 bridgehead atoms. The third-order valence-electron chi connectivity index (χ3n) is 5.92. The van der Waals surface area contributed by atoms with Gasteiger partial charge >= 0.3 is 0 Å². The molecule has 1 amide bonds. The van der Waals surface area contributed by atoms with E-state index >= 15 is 0 Å². The fraction of sp³-hybridized carbons (Fsp3) is 0.231. The molecule has 2 aromatic carbocycles. The molecule has 5 nitrogen and oxygen atoms in total. The van der Waals surface area contributed by atoms with Gasteiger partial charge in [0.25, 0.3) is 5.91 Å². The normalized spacial score (nSPS) is 15.8. The van der Waals surface area contributed by atoms with Crippen LogP contribution in [0.25, 0.3) is 10.9 Å². The molecule has 1 atom stereocenters. The molecule has 0 spiro atoms. The van der Waals surface area contributed by atoms with Crippen LogP contribution in [0.3, 0.4) is 0 Å². The average Bonchev–Trinajstić information content (AvgIpc) is 3.61. The number of aryl methyl sites for hydroxylation is 1. The third-order valence-corrected chi connectivity index (χ3v) is 7.86. The number of hydrazone groups is 1. The van der Waals surface area contributed by atoms with Gasteiger partial charge in [0.15, 0.2) is 0 Å². The van der Waals surface area contributed by atoms with Crippen molar-refractivity contribution in [1.29, 1.82) is 0 Å². The summed E-state index contributed by atoms with van der Waals surface area (Å²) in [6.07, 6.45) is 2.85. The summed E-state index contributed by atoms with van der Waals surface area (Å²) in [5.41, 5.74) is 3.23. The Morgan fingerprint density at radius 1 is 1.15 bits per heavy atom. The molecular formula is C26H25N3O2S2. The van der Waals surface area contributed by atoms with E-state index in [2.05, 4.69) is 42.0 Å². The Hall–Kier alpha value is -3.03. The van der Waals surface area contributed by atoms with Crippen LogP contribution in [0.15, 0.2) is 82.2 Å². The summed E-state index contributed by atoms with van der Waals surface area (Å²) < 4.78 is 7.53. The zero-order valence-electron chi connectivity index (χ0n) is 18.6. The number of amides is 1. The van der Waals surface area contributed by atoms with E-state index in [-0.39, 0.29) is 11.9 Å². The summed E-state index contributed by atoms with van der Waals surface area (Å²) in [6, 6.07) is 20.3. The number of methoxy groups -OCH3 is 1. The predicted molar refractivity (Wildman–Crippen MR) is 136 cm³/mol. The van der Waals surface area contributed by atoms with Crippen LogP contribution in [-0.2, 0) is 11.3 Å². The average molecular weight is 476 g/mol. The van der Waals surface area contributed by atoms with Crippen LogP contribution in [0.1, 0.15) is 29.8 Å². The van der Waals surface area contributed by atoms with Crippen LogP contribution in [0.2, 0.25) is 0 Å². The zero-order chi connectivity index (χ0) is 22.8. The van der Waals surface area contributed by atoms with Crippen LogP contribution in [0, 0.1) is 0 Å².